The van der Waals surface area contributed by atoms with Crippen LogP contribution in [0.5, 0.6) is 0 Å². The molecule has 0 radical (unpaired) electrons. The summed E-state index contributed by atoms with van der Waals surface area (Å²) in [5, 5.41) is 7.70. The summed E-state index contributed by atoms with van der Waals surface area (Å²) in [6.45, 7) is 7.85. The van der Waals surface area contributed by atoms with Gasteiger partial charge in [-0.05, 0) is 33.8 Å². The third kappa shape index (κ3) is 3.19. The highest BCUT2D eigenvalue weighted by atomic mass is 35.5. The molecule has 0 aliphatic rings. The Balaban J connectivity index is 2.29. The van der Waals surface area contributed by atoms with E-state index in [0.717, 1.165) is 11.4 Å². The van der Waals surface area contributed by atoms with E-state index in [4.69, 9.17) is 23.2 Å². The predicted octanol–water partition coefficient (Wildman–Crippen LogP) is 4.03. The maximum absolute atomic E-state index is 12.3. The summed E-state index contributed by atoms with van der Waals surface area (Å²) >= 11 is 11.6. The molecule has 21 heavy (non-hydrogen) atoms. The molecule has 0 bridgehead atoms. The lowest BCUT2D eigenvalue weighted by atomic mass is 10.2. The number of pyridine rings is 1. The minimum Gasteiger partial charge on any atom is -0.319 e. The van der Waals surface area contributed by atoms with Gasteiger partial charge < -0.3 is 5.32 Å². The minimum absolute atomic E-state index is 0.174. The Bertz CT molecular complexity index is 695. The fourth-order valence-electron chi connectivity index (χ4n) is 2.08. The molecule has 0 aromatic carbocycles. The Hall–Kier alpha value is -1.59. The van der Waals surface area contributed by atoms with Crippen molar-refractivity contribution >= 4 is 34.8 Å². The highest BCUT2D eigenvalue weighted by Gasteiger charge is 2.17. The molecule has 2 heterocycles. The van der Waals surface area contributed by atoms with Crippen molar-refractivity contribution in [2.24, 2.45) is 0 Å². The quantitative estimate of drug-likeness (QED) is 0.866. The van der Waals surface area contributed by atoms with Crippen molar-refractivity contribution in [1.82, 2.24) is 14.8 Å². The number of amides is 1. The van der Waals surface area contributed by atoms with E-state index in [9.17, 15) is 4.79 Å². The number of carbonyl (C=O) groups excluding carboxylic acids is 1. The van der Waals surface area contributed by atoms with Crippen LogP contribution in [0.1, 0.15) is 41.6 Å². The van der Waals surface area contributed by atoms with Crippen molar-refractivity contribution in [2.45, 2.75) is 33.7 Å². The van der Waals surface area contributed by atoms with Gasteiger partial charge in [-0.3, -0.25) is 9.48 Å². The van der Waals surface area contributed by atoms with E-state index in [1.165, 1.54) is 12.3 Å². The standard InChI is InChI=1S/C14H16Cl2N4O/c1-7(2)20-9(4)12(8(3)19-20)18-14(21)10-5-11(15)13(16)17-6-10/h5-7H,1-4H3,(H,18,21). The first-order valence-electron chi connectivity index (χ1n) is 6.49. The van der Waals surface area contributed by atoms with Crippen LogP contribution < -0.4 is 5.32 Å². The first-order chi connectivity index (χ1) is 9.81. The smallest absolute Gasteiger partial charge is 0.257 e. The first-order valence-corrected chi connectivity index (χ1v) is 7.25. The van der Waals surface area contributed by atoms with Crippen LogP contribution in [0, 0.1) is 13.8 Å². The number of rotatable bonds is 3. The van der Waals surface area contributed by atoms with E-state index >= 15 is 0 Å². The van der Waals surface area contributed by atoms with Gasteiger partial charge in [-0.2, -0.15) is 5.10 Å². The number of carbonyl (C=O) groups is 1. The van der Waals surface area contributed by atoms with E-state index in [1.807, 2.05) is 32.4 Å². The molecular weight excluding hydrogens is 311 g/mol. The molecule has 0 aliphatic carbocycles. The first kappa shape index (κ1) is 15.8. The van der Waals surface area contributed by atoms with Gasteiger partial charge in [-0.25, -0.2) is 4.98 Å². The number of aryl methyl sites for hydroxylation is 1. The predicted molar refractivity (Wildman–Crippen MR) is 84.3 cm³/mol. The molecule has 1 N–H and O–H groups in total. The summed E-state index contributed by atoms with van der Waals surface area (Å²) in [7, 11) is 0. The lowest BCUT2D eigenvalue weighted by molar-refractivity contribution is 0.102. The summed E-state index contributed by atoms with van der Waals surface area (Å²) in [6, 6.07) is 1.71. The molecule has 2 aromatic heterocycles. The Morgan fingerprint density at radius 3 is 2.52 bits per heavy atom. The SMILES string of the molecule is Cc1nn(C(C)C)c(C)c1NC(=O)c1cnc(Cl)c(Cl)c1. The topological polar surface area (TPSA) is 59.8 Å². The van der Waals surface area contributed by atoms with E-state index in [-0.39, 0.29) is 22.1 Å². The molecule has 5 nitrogen and oxygen atoms in total. The van der Waals surface area contributed by atoms with Crippen molar-refractivity contribution in [3.63, 3.8) is 0 Å². The lowest BCUT2D eigenvalue weighted by Gasteiger charge is -2.09. The van der Waals surface area contributed by atoms with Crippen LogP contribution in [0.3, 0.4) is 0 Å². The molecule has 0 saturated heterocycles. The summed E-state index contributed by atoms with van der Waals surface area (Å²) in [6.07, 6.45) is 1.39. The second-order valence-corrected chi connectivity index (χ2v) is 5.80. The van der Waals surface area contributed by atoms with Crippen LogP contribution in [0.15, 0.2) is 12.3 Å². The van der Waals surface area contributed by atoms with Crippen molar-refractivity contribution in [3.05, 3.63) is 39.4 Å². The highest BCUT2D eigenvalue weighted by Crippen LogP contribution is 2.24. The van der Waals surface area contributed by atoms with Crippen molar-refractivity contribution in [1.29, 1.82) is 0 Å². The number of nitrogens with zero attached hydrogens (tertiary/aromatic N) is 3. The van der Waals surface area contributed by atoms with Gasteiger partial charge >= 0.3 is 0 Å². The van der Waals surface area contributed by atoms with Crippen molar-refractivity contribution in [2.75, 3.05) is 5.32 Å². The average Bonchev–Trinajstić information content (AvgIpc) is 2.70. The third-order valence-corrected chi connectivity index (χ3v) is 3.80. The second-order valence-electron chi connectivity index (χ2n) is 5.03. The zero-order valence-electron chi connectivity index (χ0n) is 12.2. The number of hydrogen-bond donors (Lipinski definition) is 1. The van der Waals surface area contributed by atoms with Gasteiger partial charge in [0.15, 0.2) is 0 Å². The molecule has 7 heteroatoms. The van der Waals surface area contributed by atoms with Crippen LogP contribution in [0.2, 0.25) is 10.2 Å². The number of anilines is 1. The molecule has 0 aliphatic heterocycles. The minimum atomic E-state index is -0.296. The maximum atomic E-state index is 12.3. The average molecular weight is 327 g/mol. The maximum Gasteiger partial charge on any atom is 0.257 e. The molecule has 2 aromatic rings. The fraction of sp³-hybridized carbons (Fsp3) is 0.357. The summed E-state index contributed by atoms with van der Waals surface area (Å²) < 4.78 is 1.87. The van der Waals surface area contributed by atoms with Crippen LogP contribution >= 0.6 is 23.2 Å². The summed E-state index contributed by atoms with van der Waals surface area (Å²) in [4.78, 5) is 16.1. The molecular formula is C14H16Cl2N4O. The summed E-state index contributed by atoms with van der Waals surface area (Å²) in [5.74, 6) is -0.296. The molecule has 0 fully saturated rings. The number of hydrogen-bond acceptors (Lipinski definition) is 3. The molecule has 2 rings (SSSR count). The number of aromatic nitrogens is 3. The highest BCUT2D eigenvalue weighted by molar-refractivity contribution is 6.41. The van der Waals surface area contributed by atoms with E-state index in [2.05, 4.69) is 15.4 Å². The summed E-state index contributed by atoms with van der Waals surface area (Å²) in [5.41, 5.74) is 2.73. The molecule has 0 unspecified atom stereocenters. The Morgan fingerprint density at radius 1 is 1.33 bits per heavy atom. The molecule has 0 atom stereocenters. The third-order valence-electron chi connectivity index (χ3n) is 3.11. The van der Waals surface area contributed by atoms with Crippen molar-refractivity contribution in [3.8, 4) is 0 Å². The van der Waals surface area contributed by atoms with E-state index in [1.54, 1.807) is 0 Å². The van der Waals surface area contributed by atoms with Crippen LogP contribution in [-0.2, 0) is 0 Å². The molecule has 1 amide bonds. The van der Waals surface area contributed by atoms with Gasteiger partial charge in [-0.1, -0.05) is 23.2 Å². The van der Waals surface area contributed by atoms with E-state index < -0.39 is 0 Å². The fourth-order valence-corrected chi connectivity index (χ4v) is 2.35. The van der Waals surface area contributed by atoms with Gasteiger partial charge in [0.1, 0.15) is 5.15 Å². The molecule has 0 saturated carbocycles. The lowest BCUT2D eigenvalue weighted by Crippen LogP contribution is -2.14. The second kappa shape index (κ2) is 6.03. The van der Waals surface area contributed by atoms with Gasteiger partial charge in [0, 0.05) is 12.2 Å². The molecule has 0 spiro atoms. The number of nitrogens with one attached hydrogen (secondary N) is 1. The van der Waals surface area contributed by atoms with Gasteiger partial charge in [0.2, 0.25) is 0 Å². The van der Waals surface area contributed by atoms with Gasteiger partial charge in [0.05, 0.1) is 27.7 Å². The van der Waals surface area contributed by atoms with Crippen LogP contribution in [-0.4, -0.2) is 20.7 Å². The van der Waals surface area contributed by atoms with Crippen molar-refractivity contribution < 1.29 is 4.79 Å². The van der Waals surface area contributed by atoms with E-state index in [0.29, 0.717) is 11.3 Å². The Labute approximate surface area is 133 Å². The van der Waals surface area contributed by atoms with Crippen LogP contribution in [0.4, 0.5) is 5.69 Å². The number of halogens is 2. The zero-order chi connectivity index (χ0) is 15.7. The Kier molecular flexibility index (Phi) is 4.54. The normalized spacial score (nSPS) is 11.0. The van der Waals surface area contributed by atoms with Gasteiger partial charge in [0.25, 0.3) is 5.91 Å². The monoisotopic (exact) mass is 326 g/mol. The Morgan fingerprint density at radius 2 is 2.00 bits per heavy atom. The van der Waals surface area contributed by atoms with Gasteiger partial charge in [-0.15, -0.1) is 0 Å². The van der Waals surface area contributed by atoms with Crippen LogP contribution in [0.25, 0.3) is 0 Å². The molecule has 112 valence electrons. The zero-order valence-corrected chi connectivity index (χ0v) is 13.7. The largest absolute Gasteiger partial charge is 0.319 e.